The summed E-state index contributed by atoms with van der Waals surface area (Å²) >= 11 is 0. The molecule has 0 radical (unpaired) electrons. The minimum Gasteiger partial charge on any atom is -0.490 e. The van der Waals surface area contributed by atoms with Gasteiger partial charge in [0.2, 0.25) is 0 Å². The topological polar surface area (TPSA) is 59.1 Å². The molecule has 0 heterocycles. The van der Waals surface area contributed by atoms with Crippen LogP contribution in [0.25, 0.3) is 0 Å². The molecule has 1 aliphatic rings. The lowest BCUT2D eigenvalue weighted by molar-refractivity contribution is 0.229. The van der Waals surface area contributed by atoms with Crippen molar-refractivity contribution >= 4 is 5.84 Å². The van der Waals surface area contributed by atoms with E-state index in [0.29, 0.717) is 13.0 Å². The Bertz CT molecular complexity index is 402. The van der Waals surface area contributed by atoms with E-state index in [1.807, 2.05) is 0 Å². The Morgan fingerprint density at radius 1 is 1.44 bits per heavy atom. The Morgan fingerprint density at radius 2 is 2.12 bits per heavy atom. The quantitative estimate of drug-likeness (QED) is 0.593. The molecule has 4 heteroatoms. The van der Waals surface area contributed by atoms with E-state index >= 15 is 0 Å². The van der Waals surface area contributed by atoms with Gasteiger partial charge in [-0.25, -0.2) is 4.39 Å². The number of rotatable bonds is 5. The second-order valence-electron chi connectivity index (χ2n) is 4.42. The Kier molecular flexibility index (Phi) is 2.81. The molecule has 1 saturated carbocycles. The van der Waals surface area contributed by atoms with Crippen LogP contribution in [0.4, 0.5) is 4.39 Å². The molecule has 0 atom stereocenters. The molecule has 86 valence electrons. The summed E-state index contributed by atoms with van der Waals surface area (Å²) < 4.78 is 18.7. The number of nitrogens with one attached hydrogen (secondary N) is 1. The Morgan fingerprint density at radius 3 is 2.69 bits per heavy atom. The van der Waals surface area contributed by atoms with Crippen LogP contribution in [0.1, 0.15) is 19.3 Å². The van der Waals surface area contributed by atoms with Crippen LogP contribution in [0.5, 0.6) is 5.75 Å². The molecule has 2 rings (SSSR count). The van der Waals surface area contributed by atoms with E-state index in [1.54, 1.807) is 18.2 Å². The van der Waals surface area contributed by atoms with Crippen LogP contribution in [-0.4, -0.2) is 12.4 Å². The molecule has 3 nitrogen and oxygen atoms in total. The summed E-state index contributed by atoms with van der Waals surface area (Å²) in [4.78, 5) is 0. The summed E-state index contributed by atoms with van der Waals surface area (Å²) in [5.74, 6) is 0.105. The van der Waals surface area contributed by atoms with Gasteiger partial charge in [-0.3, -0.25) is 5.41 Å². The maximum absolute atomic E-state index is 13.3. The lowest BCUT2D eigenvalue weighted by Crippen LogP contribution is -2.21. The van der Waals surface area contributed by atoms with Crippen molar-refractivity contribution in [1.82, 2.24) is 0 Å². The number of nitrogens with two attached hydrogens (primary N) is 1. The Labute approximate surface area is 93.9 Å². The van der Waals surface area contributed by atoms with E-state index in [0.717, 1.165) is 12.8 Å². The average molecular weight is 222 g/mol. The number of ether oxygens (including phenoxy) is 1. The smallest absolute Gasteiger partial charge is 0.165 e. The molecule has 3 N–H and O–H groups in total. The van der Waals surface area contributed by atoms with E-state index in [4.69, 9.17) is 15.9 Å². The maximum Gasteiger partial charge on any atom is 0.165 e. The highest BCUT2D eigenvalue weighted by Crippen LogP contribution is 2.48. The summed E-state index contributed by atoms with van der Waals surface area (Å²) in [5, 5.41) is 7.26. The SMILES string of the molecule is N=C(N)CC1(COc2ccccc2F)CC1. The summed E-state index contributed by atoms with van der Waals surface area (Å²) in [6.45, 7) is 0.438. The predicted molar refractivity (Wildman–Crippen MR) is 60.1 cm³/mol. The molecule has 0 aromatic heterocycles. The maximum atomic E-state index is 13.3. The minimum absolute atomic E-state index is 0.0197. The van der Waals surface area contributed by atoms with Gasteiger partial charge in [0.25, 0.3) is 0 Å². The molecule has 0 saturated heterocycles. The molecule has 0 bridgehead atoms. The molecule has 1 aliphatic carbocycles. The highest BCUT2D eigenvalue weighted by Gasteiger charge is 2.44. The van der Waals surface area contributed by atoms with Crippen molar-refractivity contribution in [3.8, 4) is 5.75 Å². The van der Waals surface area contributed by atoms with Crippen LogP contribution in [0.2, 0.25) is 0 Å². The number of hydrogen-bond donors (Lipinski definition) is 2. The average Bonchev–Trinajstić information content (AvgIpc) is 2.96. The highest BCUT2D eigenvalue weighted by atomic mass is 19.1. The van der Waals surface area contributed by atoms with Crippen molar-refractivity contribution in [3.05, 3.63) is 30.1 Å². The van der Waals surface area contributed by atoms with Crippen molar-refractivity contribution in [2.24, 2.45) is 11.1 Å². The van der Waals surface area contributed by atoms with E-state index in [2.05, 4.69) is 0 Å². The van der Waals surface area contributed by atoms with Gasteiger partial charge in [-0.2, -0.15) is 0 Å². The van der Waals surface area contributed by atoms with E-state index in [-0.39, 0.29) is 22.8 Å². The standard InChI is InChI=1S/C12H15FN2O/c13-9-3-1-2-4-10(9)16-8-12(5-6-12)7-11(14)15/h1-4H,5-8H2,(H3,14,15). The largest absolute Gasteiger partial charge is 0.490 e. The first-order chi connectivity index (χ1) is 7.61. The molecule has 1 aromatic carbocycles. The van der Waals surface area contributed by atoms with Gasteiger partial charge in [0.1, 0.15) is 0 Å². The summed E-state index contributed by atoms with van der Waals surface area (Å²) in [6, 6.07) is 6.35. The van der Waals surface area contributed by atoms with Crippen LogP contribution >= 0.6 is 0 Å². The van der Waals surface area contributed by atoms with E-state index in [9.17, 15) is 4.39 Å². The van der Waals surface area contributed by atoms with Crippen molar-refractivity contribution in [1.29, 1.82) is 5.41 Å². The van der Waals surface area contributed by atoms with Gasteiger partial charge in [-0.05, 0) is 25.0 Å². The predicted octanol–water partition coefficient (Wildman–Crippen LogP) is 2.31. The second-order valence-corrected chi connectivity index (χ2v) is 4.42. The van der Waals surface area contributed by atoms with Crippen molar-refractivity contribution in [2.75, 3.05) is 6.61 Å². The normalized spacial score (nSPS) is 16.8. The molecule has 1 fully saturated rings. The number of benzene rings is 1. The summed E-state index contributed by atoms with van der Waals surface area (Å²) in [7, 11) is 0. The Balaban J connectivity index is 1.93. The van der Waals surface area contributed by atoms with E-state index < -0.39 is 0 Å². The van der Waals surface area contributed by atoms with Crippen LogP contribution in [0.3, 0.4) is 0 Å². The number of amidine groups is 1. The van der Waals surface area contributed by atoms with Gasteiger partial charge in [0.05, 0.1) is 12.4 Å². The van der Waals surface area contributed by atoms with Gasteiger partial charge >= 0.3 is 0 Å². The fourth-order valence-electron chi connectivity index (χ4n) is 1.75. The molecule has 16 heavy (non-hydrogen) atoms. The highest BCUT2D eigenvalue weighted by molar-refractivity contribution is 5.78. The zero-order chi connectivity index (χ0) is 11.6. The third-order valence-electron chi connectivity index (χ3n) is 2.89. The monoisotopic (exact) mass is 222 g/mol. The van der Waals surface area contributed by atoms with Gasteiger partial charge < -0.3 is 10.5 Å². The van der Waals surface area contributed by atoms with E-state index in [1.165, 1.54) is 6.07 Å². The molecule has 0 aliphatic heterocycles. The second kappa shape index (κ2) is 4.12. The first kappa shape index (κ1) is 10.9. The number of para-hydroxylation sites is 1. The van der Waals surface area contributed by atoms with Gasteiger partial charge in [-0.1, -0.05) is 12.1 Å². The third kappa shape index (κ3) is 2.51. The van der Waals surface area contributed by atoms with Gasteiger partial charge in [0, 0.05) is 11.8 Å². The molecule has 0 spiro atoms. The number of hydrogen-bond acceptors (Lipinski definition) is 2. The van der Waals surface area contributed by atoms with Crippen molar-refractivity contribution in [2.45, 2.75) is 19.3 Å². The zero-order valence-electron chi connectivity index (χ0n) is 9.00. The third-order valence-corrected chi connectivity index (χ3v) is 2.89. The van der Waals surface area contributed by atoms with Crippen LogP contribution in [-0.2, 0) is 0 Å². The van der Waals surface area contributed by atoms with Crippen LogP contribution in [0, 0.1) is 16.6 Å². The number of halogens is 1. The zero-order valence-corrected chi connectivity index (χ0v) is 9.00. The summed E-state index contributed by atoms with van der Waals surface area (Å²) in [5.41, 5.74) is 5.35. The van der Waals surface area contributed by atoms with Gasteiger partial charge in [-0.15, -0.1) is 0 Å². The first-order valence-electron chi connectivity index (χ1n) is 5.32. The molecular weight excluding hydrogens is 207 g/mol. The van der Waals surface area contributed by atoms with Crippen LogP contribution in [0.15, 0.2) is 24.3 Å². The molecular formula is C12H15FN2O. The lowest BCUT2D eigenvalue weighted by Gasteiger charge is -2.15. The lowest BCUT2D eigenvalue weighted by atomic mass is 10.0. The van der Waals surface area contributed by atoms with Gasteiger partial charge in [0.15, 0.2) is 11.6 Å². The van der Waals surface area contributed by atoms with Crippen LogP contribution < -0.4 is 10.5 Å². The summed E-state index contributed by atoms with van der Waals surface area (Å²) in [6.07, 6.45) is 2.55. The van der Waals surface area contributed by atoms with Crippen molar-refractivity contribution in [3.63, 3.8) is 0 Å². The fraction of sp³-hybridized carbons (Fsp3) is 0.417. The molecule has 1 aromatic rings. The molecule has 0 unspecified atom stereocenters. The van der Waals surface area contributed by atoms with Crippen molar-refractivity contribution < 1.29 is 9.13 Å². The first-order valence-corrected chi connectivity index (χ1v) is 5.32. The Hall–Kier alpha value is -1.58. The minimum atomic E-state index is -0.346. The fourth-order valence-corrected chi connectivity index (χ4v) is 1.75. The molecule has 0 amide bonds.